The second kappa shape index (κ2) is 8.52. The molecule has 3 aromatic heterocycles. The number of aromatic nitrogens is 7. The normalized spacial score (nSPS) is 14.8. The number of anilines is 1. The van der Waals surface area contributed by atoms with Crippen LogP contribution in [0.25, 0.3) is 39.1 Å². The summed E-state index contributed by atoms with van der Waals surface area (Å²) in [4.78, 5) is 24.5. The van der Waals surface area contributed by atoms with Gasteiger partial charge >= 0.3 is 5.69 Å². The number of aryl methyl sites for hydroxylation is 3. The molecule has 10 nitrogen and oxygen atoms in total. The monoisotopic (exact) mass is 518 g/mol. The SMILES string of the molecule is Cc1nc(-c2cc3nc(C(C)(C)C)n(-c4cc(N5CCOCC5)c5c(c4)n(C)c(=O)n5C)c3cc2F)n[nH]1. The van der Waals surface area contributed by atoms with E-state index < -0.39 is 5.82 Å². The molecule has 0 amide bonds. The summed E-state index contributed by atoms with van der Waals surface area (Å²) >= 11 is 0. The number of imidazole rings is 2. The maximum Gasteiger partial charge on any atom is 0.328 e. The number of nitrogens with one attached hydrogen (secondary N) is 1. The summed E-state index contributed by atoms with van der Waals surface area (Å²) in [5.41, 5.74) is 4.53. The molecule has 0 unspecified atom stereocenters. The molecule has 1 saturated heterocycles. The van der Waals surface area contributed by atoms with Crippen LogP contribution in [0.5, 0.6) is 0 Å². The largest absolute Gasteiger partial charge is 0.378 e. The van der Waals surface area contributed by atoms with Crippen molar-refractivity contribution in [1.82, 2.24) is 33.9 Å². The molecule has 0 atom stereocenters. The minimum absolute atomic E-state index is 0.101. The molecule has 0 radical (unpaired) electrons. The van der Waals surface area contributed by atoms with E-state index in [2.05, 4.69) is 46.9 Å². The van der Waals surface area contributed by atoms with Gasteiger partial charge in [0.15, 0.2) is 5.82 Å². The van der Waals surface area contributed by atoms with Gasteiger partial charge in [-0.1, -0.05) is 20.8 Å². The molecule has 1 N–H and O–H groups in total. The van der Waals surface area contributed by atoms with Crippen LogP contribution in [0.15, 0.2) is 29.1 Å². The van der Waals surface area contributed by atoms with Crippen molar-refractivity contribution in [2.45, 2.75) is 33.1 Å². The Morgan fingerprint density at radius 3 is 2.39 bits per heavy atom. The molecule has 1 fully saturated rings. The average molecular weight is 519 g/mol. The molecule has 198 valence electrons. The molecular weight excluding hydrogens is 487 g/mol. The number of morpholine rings is 1. The lowest BCUT2D eigenvalue weighted by molar-refractivity contribution is 0.123. The highest BCUT2D eigenvalue weighted by molar-refractivity contribution is 5.93. The van der Waals surface area contributed by atoms with Gasteiger partial charge in [-0.05, 0) is 25.1 Å². The number of benzene rings is 2. The van der Waals surface area contributed by atoms with Crippen molar-refractivity contribution in [1.29, 1.82) is 0 Å². The molecule has 2 aromatic carbocycles. The van der Waals surface area contributed by atoms with E-state index in [1.54, 1.807) is 36.2 Å². The van der Waals surface area contributed by atoms with Crippen LogP contribution in [-0.2, 0) is 24.2 Å². The molecular formula is C27H31FN8O2. The predicted octanol–water partition coefficient (Wildman–Crippen LogP) is 3.58. The Morgan fingerprint density at radius 2 is 1.74 bits per heavy atom. The van der Waals surface area contributed by atoms with Gasteiger partial charge in [-0.2, -0.15) is 5.10 Å². The predicted molar refractivity (Wildman–Crippen MR) is 145 cm³/mol. The summed E-state index contributed by atoms with van der Waals surface area (Å²) in [5, 5.41) is 6.93. The van der Waals surface area contributed by atoms with Crippen molar-refractivity contribution in [2.24, 2.45) is 14.1 Å². The zero-order chi connectivity index (χ0) is 26.9. The smallest absolute Gasteiger partial charge is 0.328 e. The number of fused-ring (bicyclic) bond motifs is 2. The Balaban J connectivity index is 1.66. The van der Waals surface area contributed by atoms with Crippen molar-refractivity contribution >= 4 is 27.8 Å². The van der Waals surface area contributed by atoms with Crippen molar-refractivity contribution in [3.63, 3.8) is 0 Å². The topological polar surface area (TPSA) is 98.8 Å². The Labute approximate surface area is 218 Å². The first kappa shape index (κ1) is 24.4. The fourth-order valence-electron chi connectivity index (χ4n) is 5.28. The lowest BCUT2D eigenvalue weighted by atomic mass is 9.95. The van der Waals surface area contributed by atoms with Gasteiger partial charge in [0.25, 0.3) is 0 Å². The van der Waals surface area contributed by atoms with Crippen LogP contribution in [-0.4, -0.2) is 60.2 Å². The van der Waals surface area contributed by atoms with Gasteiger partial charge in [0, 0.05) is 38.7 Å². The lowest BCUT2D eigenvalue weighted by Crippen LogP contribution is -2.36. The number of hydrogen-bond donors (Lipinski definition) is 1. The molecule has 0 spiro atoms. The van der Waals surface area contributed by atoms with E-state index in [1.165, 1.54) is 6.07 Å². The summed E-state index contributed by atoms with van der Waals surface area (Å²) in [6.45, 7) is 10.7. The standard InChI is InChI=1S/C27H31FN8O2/c1-15-29-24(32-31-15)17-13-19-20(14-18(17)28)36(25(30-19)27(2,3)4)16-11-21-23(34(6)26(37)33(21)5)22(12-16)35-7-9-38-10-8-35/h11-14H,7-10H2,1-6H3,(H,29,31,32). The van der Waals surface area contributed by atoms with Gasteiger partial charge in [0.05, 0.1) is 52.2 Å². The Hall–Kier alpha value is -3.99. The molecule has 6 rings (SSSR count). The maximum atomic E-state index is 15.6. The van der Waals surface area contributed by atoms with Gasteiger partial charge in [-0.25, -0.2) is 19.2 Å². The second-order valence-electron chi connectivity index (χ2n) is 10.9. The number of rotatable bonds is 3. The van der Waals surface area contributed by atoms with Crippen LogP contribution in [0, 0.1) is 12.7 Å². The van der Waals surface area contributed by atoms with Crippen LogP contribution >= 0.6 is 0 Å². The van der Waals surface area contributed by atoms with Crippen LogP contribution in [0.2, 0.25) is 0 Å². The van der Waals surface area contributed by atoms with E-state index in [1.807, 2.05) is 10.6 Å². The zero-order valence-corrected chi connectivity index (χ0v) is 22.5. The maximum absolute atomic E-state index is 15.6. The van der Waals surface area contributed by atoms with E-state index >= 15 is 4.39 Å². The molecule has 11 heteroatoms. The Morgan fingerprint density at radius 1 is 1.00 bits per heavy atom. The van der Waals surface area contributed by atoms with Crippen molar-refractivity contribution < 1.29 is 9.13 Å². The first-order valence-corrected chi connectivity index (χ1v) is 12.7. The molecule has 0 bridgehead atoms. The number of halogens is 1. The highest BCUT2D eigenvalue weighted by Gasteiger charge is 2.28. The highest BCUT2D eigenvalue weighted by Crippen LogP contribution is 2.36. The highest BCUT2D eigenvalue weighted by atomic mass is 19.1. The number of nitrogens with zero attached hydrogens (tertiary/aromatic N) is 7. The molecule has 1 aliphatic heterocycles. The number of ether oxygens (including phenoxy) is 1. The fourth-order valence-corrected chi connectivity index (χ4v) is 5.28. The molecule has 0 aliphatic carbocycles. The van der Waals surface area contributed by atoms with Gasteiger partial charge in [0.1, 0.15) is 17.5 Å². The molecule has 0 saturated carbocycles. The van der Waals surface area contributed by atoms with Crippen LogP contribution in [0.3, 0.4) is 0 Å². The van der Waals surface area contributed by atoms with Crippen LogP contribution < -0.4 is 10.6 Å². The summed E-state index contributed by atoms with van der Waals surface area (Å²) in [7, 11) is 3.57. The summed E-state index contributed by atoms with van der Waals surface area (Å²) < 4.78 is 26.5. The first-order valence-electron chi connectivity index (χ1n) is 12.7. The molecule has 1 aliphatic rings. The molecule has 4 heterocycles. The summed E-state index contributed by atoms with van der Waals surface area (Å²) in [6, 6.07) is 7.27. The molecule has 5 aromatic rings. The summed E-state index contributed by atoms with van der Waals surface area (Å²) in [5.74, 6) is 1.25. The lowest BCUT2D eigenvalue weighted by Gasteiger charge is -2.30. The third kappa shape index (κ3) is 3.72. The Kier molecular flexibility index (Phi) is 5.46. The number of H-pyrrole nitrogens is 1. The van der Waals surface area contributed by atoms with E-state index in [9.17, 15) is 4.79 Å². The van der Waals surface area contributed by atoms with E-state index in [0.717, 1.165) is 28.2 Å². The van der Waals surface area contributed by atoms with E-state index in [-0.39, 0.29) is 11.1 Å². The minimum atomic E-state index is -0.431. The number of hydrogen-bond acceptors (Lipinski definition) is 6. The van der Waals surface area contributed by atoms with Crippen LogP contribution in [0.1, 0.15) is 32.4 Å². The van der Waals surface area contributed by atoms with Crippen molar-refractivity contribution in [3.8, 4) is 17.1 Å². The van der Waals surface area contributed by atoms with E-state index in [0.29, 0.717) is 54.5 Å². The quantitative estimate of drug-likeness (QED) is 0.392. The van der Waals surface area contributed by atoms with E-state index in [4.69, 9.17) is 9.72 Å². The van der Waals surface area contributed by atoms with Crippen molar-refractivity contribution in [2.75, 3.05) is 31.2 Å². The minimum Gasteiger partial charge on any atom is -0.378 e. The molecule has 38 heavy (non-hydrogen) atoms. The Bertz CT molecular complexity index is 1760. The van der Waals surface area contributed by atoms with Crippen molar-refractivity contribution in [3.05, 3.63) is 52.2 Å². The first-order chi connectivity index (χ1) is 18.0. The number of aromatic amines is 1. The van der Waals surface area contributed by atoms with Gasteiger partial charge in [-0.3, -0.25) is 18.8 Å². The zero-order valence-electron chi connectivity index (χ0n) is 22.5. The van der Waals surface area contributed by atoms with Gasteiger partial charge in [0.2, 0.25) is 0 Å². The van der Waals surface area contributed by atoms with Gasteiger partial charge in [-0.15, -0.1) is 0 Å². The van der Waals surface area contributed by atoms with Crippen LogP contribution in [0.4, 0.5) is 10.1 Å². The second-order valence-corrected chi connectivity index (χ2v) is 10.9. The average Bonchev–Trinajstić information content (AvgIpc) is 3.55. The third-order valence-electron chi connectivity index (χ3n) is 7.19. The fraction of sp³-hybridized carbons (Fsp3) is 0.407. The third-order valence-corrected chi connectivity index (χ3v) is 7.19. The summed E-state index contributed by atoms with van der Waals surface area (Å²) in [6.07, 6.45) is 0. The van der Waals surface area contributed by atoms with Gasteiger partial charge < -0.3 is 9.64 Å².